The van der Waals surface area contributed by atoms with E-state index in [0.29, 0.717) is 25.2 Å². The van der Waals surface area contributed by atoms with E-state index in [1.165, 1.54) is 0 Å². The molecule has 156 valence electrons. The van der Waals surface area contributed by atoms with Gasteiger partial charge in [0.2, 0.25) is 0 Å². The molecule has 1 amide bonds. The lowest BCUT2D eigenvalue weighted by Gasteiger charge is -2.39. The molecule has 1 heterocycles. The Morgan fingerprint density at radius 3 is 2.57 bits per heavy atom. The third-order valence-corrected chi connectivity index (χ3v) is 4.82. The summed E-state index contributed by atoms with van der Waals surface area (Å²) in [7, 11) is 0. The zero-order valence-corrected chi connectivity index (χ0v) is 17.7. The quantitative estimate of drug-likeness (QED) is 0.356. The van der Waals surface area contributed by atoms with E-state index in [2.05, 4.69) is 34.7 Å². The number of ether oxygens (including phenoxy) is 1. The van der Waals surface area contributed by atoms with Crippen LogP contribution < -0.4 is 16.0 Å². The second-order valence-electron chi connectivity index (χ2n) is 7.66. The van der Waals surface area contributed by atoms with Crippen molar-refractivity contribution in [2.24, 2.45) is 4.99 Å². The van der Waals surface area contributed by atoms with Gasteiger partial charge in [-0.2, -0.15) is 0 Å². The molecule has 28 heavy (non-hydrogen) atoms. The first-order chi connectivity index (χ1) is 13.4. The Balaban J connectivity index is 1.79. The average molecular weight is 390 g/mol. The minimum absolute atomic E-state index is 0.0223. The minimum atomic E-state index is -0.0547. The Morgan fingerprint density at radius 1 is 1.18 bits per heavy atom. The number of morpholine rings is 1. The molecular formula is C21H35N5O2. The number of nitrogens with zero attached hydrogens (tertiary/aromatic N) is 2. The molecule has 0 aliphatic carbocycles. The van der Waals surface area contributed by atoms with Gasteiger partial charge in [0.1, 0.15) is 0 Å². The molecule has 1 aliphatic rings. The normalized spacial score (nSPS) is 15.9. The first-order valence-electron chi connectivity index (χ1n) is 10.1. The van der Waals surface area contributed by atoms with Crippen molar-refractivity contribution in [3.05, 3.63) is 35.4 Å². The Labute approximate surface area is 168 Å². The molecule has 1 aromatic rings. The maximum Gasteiger partial charge on any atom is 0.251 e. The van der Waals surface area contributed by atoms with Crippen molar-refractivity contribution in [1.29, 1.82) is 0 Å². The maximum absolute atomic E-state index is 12.2. The summed E-state index contributed by atoms with van der Waals surface area (Å²) in [6.45, 7) is 14.5. The number of carbonyl (C=O) groups excluding carboxylic acids is 1. The van der Waals surface area contributed by atoms with Gasteiger partial charge in [0.15, 0.2) is 5.96 Å². The number of guanidine groups is 1. The van der Waals surface area contributed by atoms with Crippen LogP contribution >= 0.6 is 0 Å². The van der Waals surface area contributed by atoms with Crippen LogP contribution in [0.3, 0.4) is 0 Å². The van der Waals surface area contributed by atoms with Gasteiger partial charge in [-0.15, -0.1) is 0 Å². The fraction of sp³-hybridized carbons (Fsp3) is 0.619. The summed E-state index contributed by atoms with van der Waals surface area (Å²) >= 11 is 0. The number of hydrogen-bond donors (Lipinski definition) is 3. The number of nitrogens with one attached hydrogen (secondary N) is 3. The molecular weight excluding hydrogens is 354 g/mol. The largest absolute Gasteiger partial charge is 0.379 e. The molecule has 3 N–H and O–H groups in total. The molecule has 0 atom stereocenters. The van der Waals surface area contributed by atoms with Crippen LogP contribution in [0.4, 0.5) is 0 Å². The molecule has 7 nitrogen and oxygen atoms in total. The molecule has 1 saturated heterocycles. The predicted molar refractivity (Wildman–Crippen MR) is 114 cm³/mol. The second-order valence-corrected chi connectivity index (χ2v) is 7.66. The van der Waals surface area contributed by atoms with Gasteiger partial charge in [0.05, 0.1) is 19.8 Å². The number of benzene rings is 1. The third kappa shape index (κ3) is 7.13. The number of hydrogen-bond acceptors (Lipinski definition) is 4. The lowest BCUT2D eigenvalue weighted by Crippen LogP contribution is -2.52. The van der Waals surface area contributed by atoms with Crippen molar-refractivity contribution >= 4 is 11.9 Å². The van der Waals surface area contributed by atoms with Crippen LogP contribution in [0.2, 0.25) is 0 Å². The first kappa shape index (κ1) is 22.2. The van der Waals surface area contributed by atoms with Crippen LogP contribution in [0.1, 0.15) is 36.7 Å². The van der Waals surface area contributed by atoms with Gasteiger partial charge < -0.3 is 20.7 Å². The Kier molecular flexibility index (Phi) is 8.73. The van der Waals surface area contributed by atoms with Crippen molar-refractivity contribution in [2.75, 3.05) is 52.5 Å². The van der Waals surface area contributed by atoms with E-state index in [0.717, 1.165) is 44.4 Å². The molecule has 0 radical (unpaired) electrons. The minimum Gasteiger partial charge on any atom is -0.379 e. The third-order valence-electron chi connectivity index (χ3n) is 4.82. The summed E-state index contributed by atoms with van der Waals surface area (Å²) in [6, 6.07) is 7.60. The van der Waals surface area contributed by atoms with Crippen LogP contribution in [0.15, 0.2) is 29.3 Å². The van der Waals surface area contributed by atoms with E-state index >= 15 is 0 Å². The van der Waals surface area contributed by atoms with Gasteiger partial charge in [-0.25, -0.2) is 0 Å². The van der Waals surface area contributed by atoms with Crippen molar-refractivity contribution in [3.8, 4) is 0 Å². The van der Waals surface area contributed by atoms with Crippen molar-refractivity contribution < 1.29 is 9.53 Å². The SMILES string of the molecule is CCNC(=NCC(C)(C)N1CCOCC1)NCCNC(=O)c1cccc(C)c1. The van der Waals surface area contributed by atoms with Crippen LogP contribution in [0.5, 0.6) is 0 Å². The molecule has 0 unspecified atom stereocenters. The number of aryl methyl sites for hydroxylation is 1. The Bertz CT molecular complexity index is 654. The Hall–Kier alpha value is -2.12. The summed E-state index contributed by atoms with van der Waals surface area (Å²) in [6.07, 6.45) is 0. The average Bonchev–Trinajstić information content (AvgIpc) is 2.69. The molecule has 0 bridgehead atoms. The van der Waals surface area contributed by atoms with Gasteiger partial charge in [-0.3, -0.25) is 14.7 Å². The highest BCUT2D eigenvalue weighted by Crippen LogP contribution is 2.16. The Morgan fingerprint density at radius 2 is 1.89 bits per heavy atom. The summed E-state index contributed by atoms with van der Waals surface area (Å²) in [5.74, 6) is 0.717. The molecule has 0 aromatic heterocycles. The highest BCUT2D eigenvalue weighted by molar-refractivity contribution is 5.94. The van der Waals surface area contributed by atoms with E-state index in [-0.39, 0.29) is 11.4 Å². The van der Waals surface area contributed by atoms with Crippen molar-refractivity contribution in [1.82, 2.24) is 20.9 Å². The van der Waals surface area contributed by atoms with Crippen molar-refractivity contribution in [2.45, 2.75) is 33.2 Å². The van der Waals surface area contributed by atoms with E-state index in [9.17, 15) is 4.79 Å². The molecule has 2 rings (SSSR count). The smallest absolute Gasteiger partial charge is 0.251 e. The highest BCUT2D eigenvalue weighted by Gasteiger charge is 2.28. The van der Waals surface area contributed by atoms with Gasteiger partial charge in [-0.05, 0) is 39.8 Å². The van der Waals surface area contributed by atoms with Gasteiger partial charge in [0, 0.05) is 43.8 Å². The van der Waals surface area contributed by atoms with Gasteiger partial charge in [0.25, 0.3) is 5.91 Å². The van der Waals surface area contributed by atoms with Crippen LogP contribution in [-0.2, 0) is 4.74 Å². The number of amides is 1. The zero-order chi connectivity index (χ0) is 20.4. The highest BCUT2D eigenvalue weighted by atomic mass is 16.5. The summed E-state index contributed by atoms with van der Waals surface area (Å²) in [4.78, 5) is 19.4. The monoisotopic (exact) mass is 389 g/mol. The predicted octanol–water partition coefficient (Wildman–Crippen LogP) is 1.39. The van der Waals surface area contributed by atoms with Crippen LogP contribution in [-0.4, -0.2) is 74.8 Å². The summed E-state index contributed by atoms with van der Waals surface area (Å²) in [5, 5.41) is 9.51. The molecule has 1 fully saturated rings. The molecule has 7 heteroatoms. The van der Waals surface area contributed by atoms with Gasteiger partial charge in [-0.1, -0.05) is 17.7 Å². The van der Waals surface area contributed by atoms with Crippen molar-refractivity contribution in [3.63, 3.8) is 0 Å². The number of carbonyl (C=O) groups is 1. The number of rotatable bonds is 8. The lowest BCUT2D eigenvalue weighted by molar-refractivity contribution is -0.00683. The standard InChI is InChI=1S/C21H35N5O2/c1-5-22-20(25-16-21(3,4)26-11-13-28-14-12-26)24-10-9-23-19(27)18-8-6-7-17(2)15-18/h6-8,15H,5,9-14,16H2,1-4H3,(H,23,27)(H2,22,24,25). The fourth-order valence-electron chi connectivity index (χ4n) is 3.13. The van der Waals surface area contributed by atoms with E-state index in [1.54, 1.807) is 0 Å². The summed E-state index contributed by atoms with van der Waals surface area (Å²) in [5.41, 5.74) is 1.74. The maximum atomic E-state index is 12.2. The van der Waals surface area contributed by atoms with Crippen LogP contribution in [0.25, 0.3) is 0 Å². The molecule has 0 spiro atoms. The van der Waals surface area contributed by atoms with Gasteiger partial charge >= 0.3 is 0 Å². The number of aliphatic imine (C=N–C) groups is 1. The zero-order valence-electron chi connectivity index (χ0n) is 17.7. The summed E-state index contributed by atoms with van der Waals surface area (Å²) < 4.78 is 5.45. The van der Waals surface area contributed by atoms with E-state index < -0.39 is 0 Å². The molecule has 1 aliphatic heterocycles. The molecule has 0 saturated carbocycles. The fourth-order valence-corrected chi connectivity index (χ4v) is 3.13. The lowest BCUT2D eigenvalue weighted by atomic mass is 10.0. The van der Waals surface area contributed by atoms with Crippen LogP contribution in [0, 0.1) is 6.92 Å². The molecule has 1 aromatic carbocycles. The second kappa shape index (κ2) is 11.0. The van der Waals surface area contributed by atoms with E-state index in [4.69, 9.17) is 9.73 Å². The van der Waals surface area contributed by atoms with E-state index in [1.807, 2.05) is 38.1 Å². The first-order valence-corrected chi connectivity index (χ1v) is 10.1. The topological polar surface area (TPSA) is 78.0 Å².